The lowest BCUT2D eigenvalue weighted by atomic mass is 9.93. The summed E-state index contributed by atoms with van der Waals surface area (Å²) in [7, 11) is 0. The topological polar surface area (TPSA) is 36.4 Å². The summed E-state index contributed by atoms with van der Waals surface area (Å²) in [6.07, 6.45) is 4.16. The van der Waals surface area contributed by atoms with Crippen molar-refractivity contribution < 1.29 is 5.11 Å². The second kappa shape index (κ2) is 5.52. The van der Waals surface area contributed by atoms with Gasteiger partial charge in [-0.3, -0.25) is 9.88 Å². The first-order chi connectivity index (χ1) is 9.67. The number of rotatable bonds is 3. The van der Waals surface area contributed by atoms with Crippen molar-refractivity contribution in [3.63, 3.8) is 0 Å². The maximum absolute atomic E-state index is 10.8. The van der Waals surface area contributed by atoms with Gasteiger partial charge >= 0.3 is 0 Å². The molecule has 3 nitrogen and oxygen atoms in total. The summed E-state index contributed by atoms with van der Waals surface area (Å²) in [5.74, 6) is 0. The van der Waals surface area contributed by atoms with Crippen LogP contribution in [-0.2, 0) is 12.1 Å². The number of aliphatic hydroxyl groups is 1. The fraction of sp³-hybridized carbons (Fsp3) is 0.312. The van der Waals surface area contributed by atoms with E-state index in [4.69, 9.17) is 11.6 Å². The van der Waals surface area contributed by atoms with Crippen LogP contribution in [0.15, 0.2) is 48.8 Å². The van der Waals surface area contributed by atoms with E-state index in [0.29, 0.717) is 11.6 Å². The van der Waals surface area contributed by atoms with Gasteiger partial charge < -0.3 is 5.11 Å². The Morgan fingerprint density at radius 2 is 2.05 bits per heavy atom. The molecule has 20 heavy (non-hydrogen) atoms. The third kappa shape index (κ3) is 2.70. The maximum Gasteiger partial charge on any atom is 0.103 e. The fourth-order valence-electron chi connectivity index (χ4n) is 2.76. The highest BCUT2D eigenvalue weighted by molar-refractivity contribution is 6.31. The lowest BCUT2D eigenvalue weighted by molar-refractivity contribution is 0.0453. The molecule has 2 heterocycles. The molecule has 0 radical (unpaired) electrons. The highest BCUT2D eigenvalue weighted by atomic mass is 35.5. The van der Waals surface area contributed by atoms with Crippen molar-refractivity contribution in [1.82, 2.24) is 9.88 Å². The van der Waals surface area contributed by atoms with E-state index in [0.717, 1.165) is 30.6 Å². The Labute approximate surface area is 123 Å². The highest BCUT2D eigenvalue weighted by Gasteiger charge is 2.37. The van der Waals surface area contributed by atoms with Crippen LogP contribution in [0.2, 0.25) is 5.02 Å². The minimum atomic E-state index is -0.749. The Morgan fingerprint density at radius 1 is 1.25 bits per heavy atom. The molecule has 4 heteroatoms. The number of nitrogens with zero attached hydrogens (tertiary/aromatic N) is 2. The van der Waals surface area contributed by atoms with Crippen molar-refractivity contribution in [2.75, 3.05) is 13.1 Å². The standard InChI is InChI=1S/C16H17ClN2O/c17-15-10-18-8-6-13(15)11-19-9-7-16(20,12-19)14-4-2-1-3-5-14/h1-6,8,10,20H,7,9,11-12H2/t16-/m0/s1. The molecule has 1 aliphatic heterocycles. The fourth-order valence-corrected chi connectivity index (χ4v) is 2.94. The van der Waals surface area contributed by atoms with E-state index in [1.54, 1.807) is 12.4 Å². The van der Waals surface area contributed by atoms with Gasteiger partial charge in [-0.1, -0.05) is 41.9 Å². The molecular formula is C16H17ClN2O. The molecule has 0 aliphatic carbocycles. The molecule has 0 amide bonds. The van der Waals surface area contributed by atoms with E-state index >= 15 is 0 Å². The average molecular weight is 289 g/mol. The number of hydrogen-bond acceptors (Lipinski definition) is 3. The molecule has 1 fully saturated rings. The molecular weight excluding hydrogens is 272 g/mol. The highest BCUT2D eigenvalue weighted by Crippen LogP contribution is 2.32. The van der Waals surface area contributed by atoms with Gasteiger partial charge in [0.1, 0.15) is 5.60 Å². The van der Waals surface area contributed by atoms with Crippen LogP contribution in [0.4, 0.5) is 0 Å². The first-order valence-corrected chi connectivity index (χ1v) is 7.14. The largest absolute Gasteiger partial charge is 0.384 e. The predicted octanol–water partition coefficient (Wildman–Crippen LogP) is 2.83. The van der Waals surface area contributed by atoms with Crippen molar-refractivity contribution in [3.8, 4) is 0 Å². The van der Waals surface area contributed by atoms with Crippen molar-refractivity contribution in [3.05, 3.63) is 64.9 Å². The molecule has 104 valence electrons. The third-order valence-corrected chi connectivity index (χ3v) is 4.23. The summed E-state index contributed by atoms with van der Waals surface area (Å²) in [6, 6.07) is 11.8. The third-order valence-electron chi connectivity index (χ3n) is 3.89. The minimum Gasteiger partial charge on any atom is -0.384 e. The van der Waals surface area contributed by atoms with Crippen LogP contribution in [-0.4, -0.2) is 28.1 Å². The normalized spacial score (nSPS) is 23.1. The molecule has 1 N–H and O–H groups in total. The molecule has 1 atom stereocenters. The van der Waals surface area contributed by atoms with Crippen molar-refractivity contribution in [2.45, 2.75) is 18.6 Å². The number of pyridine rings is 1. The molecule has 0 spiro atoms. The predicted molar refractivity (Wildman–Crippen MR) is 79.5 cm³/mol. The Bertz CT molecular complexity index is 590. The van der Waals surface area contributed by atoms with Crippen LogP contribution >= 0.6 is 11.6 Å². The van der Waals surface area contributed by atoms with E-state index in [-0.39, 0.29) is 0 Å². The van der Waals surface area contributed by atoms with Gasteiger partial charge in [0.25, 0.3) is 0 Å². The van der Waals surface area contributed by atoms with Crippen LogP contribution in [0.5, 0.6) is 0 Å². The first kappa shape index (κ1) is 13.6. The molecule has 0 unspecified atom stereocenters. The van der Waals surface area contributed by atoms with Crippen LogP contribution in [0, 0.1) is 0 Å². The zero-order valence-electron chi connectivity index (χ0n) is 11.2. The Morgan fingerprint density at radius 3 is 2.80 bits per heavy atom. The summed E-state index contributed by atoms with van der Waals surface area (Å²) < 4.78 is 0. The van der Waals surface area contributed by atoms with Gasteiger partial charge in [0, 0.05) is 32.0 Å². The SMILES string of the molecule is O[C@@]1(c2ccccc2)CCN(Cc2ccncc2Cl)C1. The van der Waals surface area contributed by atoms with E-state index in [9.17, 15) is 5.11 Å². The van der Waals surface area contributed by atoms with Gasteiger partial charge in [-0.05, 0) is 23.6 Å². The number of aromatic nitrogens is 1. The Kier molecular flexibility index (Phi) is 3.74. The number of hydrogen-bond donors (Lipinski definition) is 1. The van der Waals surface area contributed by atoms with E-state index in [1.807, 2.05) is 36.4 Å². The summed E-state index contributed by atoms with van der Waals surface area (Å²) in [6.45, 7) is 2.25. The van der Waals surface area contributed by atoms with E-state index in [2.05, 4.69) is 9.88 Å². The molecule has 3 rings (SSSR count). The molecule has 2 aromatic rings. The monoisotopic (exact) mass is 288 g/mol. The first-order valence-electron chi connectivity index (χ1n) is 6.76. The van der Waals surface area contributed by atoms with Gasteiger partial charge in [-0.2, -0.15) is 0 Å². The molecule has 1 aliphatic rings. The average Bonchev–Trinajstić information content (AvgIpc) is 2.85. The van der Waals surface area contributed by atoms with E-state index < -0.39 is 5.60 Å². The van der Waals surface area contributed by atoms with Crippen LogP contribution in [0.25, 0.3) is 0 Å². The van der Waals surface area contributed by atoms with E-state index in [1.165, 1.54) is 0 Å². The number of benzene rings is 1. The van der Waals surface area contributed by atoms with Crippen molar-refractivity contribution in [1.29, 1.82) is 0 Å². The second-order valence-electron chi connectivity index (χ2n) is 5.33. The maximum atomic E-state index is 10.8. The molecule has 1 aromatic carbocycles. The number of β-amino-alcohol motifs (C(OH)–C–C–N with tert-alkyl or cyclic N) is 1. The van der Waals surface area contributed by atoms with Crippen LogP contribution in [0.3, 0.4) is 0 Å². The summed E-state index contributed by atoms with van der Waals surface area (Å²) in [4.78, 5) is 6.23. The zero-order valence-corrected chi connectivity index (χ0v) is 11.9. The summed E-state index contributed by atoms with van der Waals surface area (Å²) >= 11 is 6.14. The molecule has 0 saturated carbocycles. The van der Waals surface area contributed by atoms with Crippen LogP contribution in [0.1, 0.15) is 17.5 Å². The lowest BCUT2D eigenvalue weighted by Crippen LogP contribution is -2.30. The Hall–Kier alpha value is -1.42. The minimum absolute atomic E-state index is 0.635. The van der Waals surface area contributed by atoms with Gasteiger partial charge in [0.05, 0.1) is 5.02 Å². The van der Waals surface area contributed by atoms with Crippen LogP contribution < -0.4 is 0 Å². The van der Waals surface area contributed by atoms with Gasteiger partial charge in [0.2, 0.25) is 0 Å². The van der Waals surface area contributed by atoms with Crippen molar-refractivity contribution >= 4 is 11.6 Å². The zero-order chi connectivity index (χ0) is 14.0. The van der Waals surface area contributed by atoms with Gasteiger partial charge in [-0.25, -0.2) is 0 Å². The second-order valence-corrected chi connectivity index (χ2v) is 5.73. The van der Waals surface area contributed by atoms with Gasteiger partial charge in [-0.15, -0.1) is 0 Å². The molecule has 1 saturated heterocycles. The summed E-state index contributed by atoms with van der Waals surface area (Å²) in [5.41, 5.74) is 1.29. The Balaban J connectivity index is 1.73. The summed E-state index contributed by atoms with van der Waals surface area (Å²) in [5, 5.41) is 11.5. The van der Waals surface area contributed by atoms with Crippen molar-refractivity contribution in [2.24, 2.45) is 0 Å². The molecule has 1 aromatic heterocycles. The molecule has 0 bridgehead atoms. The number of likely N-dealkylation sites (tertiary alicyclic amines) is 1. The number of halogens is 1. The quantitative estimate of drug-likeness (QED) is 0.943. The lowest BCUT2D eigenvalue weighted by Gasteiger charge is -2.24. The van der Waals surface area contributed by atoms with Gasteiger partial charge in [0.15, 0.2) is 0 Å². The smallest absolute Gasteiger partial charge is 0.103 e.